The van der Waals surface area contributed by atoms with E-state index in [0.717, 1.165) is 75.7 Å². The van der Waals surface area contributed by atoms with Gasteiger partial charge in [-0.05, 0) is 50.5 Å². The highest BCUT2D eigenvalue weighted by atomic mass is 16.5. The summed E-state index contributed by atoms with van der Waals surface area (Å²) < 4.78 is 8.04. The standard InChI is InChI=1S/C25H32N4O2/c1-19-14-24(20(2)29(19)17-23-4-3-13-31-23)25(30)18-28-11-9-27(10-12-28)16-22-7-5-21(15-26)6-8-22/h5-8,14,23H,3-4,9-13,16-18H2,1-2H3/t23-/m0/s1. The van der Waals surface area contributed by atoms with Crippen LogP contribution < -0.4 is 0 Å². The predicted octanol–water partition coefficient (Wildman–Crippen LogP) is 3.16. The van der Waals surface area contributed by atoms with Crippen LogP contribution in [-0.2, 0) is 17.8 Å². The molecule has 2 fully saturated rings. The highest BCUT2D eigenvalue weighted by molar-refractivity contribution is 5.99. The molecular weight excluding hydrogens is 388 g/mol. The molecule has 6 heteroatoms. The molecule has 2 aliphatic heterocycles. The SMILES string of the molecule is Cc1cc(C(=O)CN2CCN(Cc3ccc(C#N)cc3)CC2)c(C)n1C[C@@H]1CCCO1. The van der Waals surface area contributed by atoms with Crippen molar-refractivity contribution in [3.05, 3.63) is 58.4 Å². The van der Waals surface area contributed by atoms with Gasteiger partial charge in [0.1, 0.15) is 0 Å². The summed E-state index contributed by atoms with van der Waals surface area (Å²) in [6.45, 7) is 10.9. The summed E-state index contributed by atoms with van der Waals surface area (Å²) in [6, 6.07) is 12.0. The van der Waals surface area contributed by atoms with Gasteiger partial charge in [-0.15, -0.1) is 0 Å². The van der Waals surface area contributed by atoms with Gasteiger partial charge >= 0.3 is 0 Å². The number of ketones is 1. The van der Waals surface area contributed by atoms with Crippen molar-refractivity contribution in [3.63, 3.8) is 0 Å². The number of Topliss-reactive ketones (excluding diaryl/α,β-unsaturated/α-hetero) is 1. The molecule has 3 heterocycles. The van der Waals surface area contributed by atoms with E-state index in [1.54, 1.807) is 0 Å². The number of hydrogen-bond donors (Lipinski definition) is 0. The summed E-state index contributed by atoms with van der Waals surface area (Å²) in [4.78, 5) is 17.7. The van der Waals surface area contributed by atoms with Gasteiger partial charge in [-0.1, -0.05) is 12.1 Å². The lowest BCUT2D eigenvalue weighted by Crippen LogP contribution is -2.47. The Balaban J connectivity index is 1.29. The maximum Gasteiger partial charge on any atom is 0.178 e. The van der Waals surface area contributed by atoms with Crippen LogP contribution in [0.5, 0.6) is 0 Å². The Hall–Kier alpha value is -2.46. The number of aryl methyl sites for hydroxylation is 1. The molecule has 6 nitrogen and oxygen atoms in total. The van der Waals surface area contributed by atoms with Crippen LogP contribution in [0.25, 0.3) is 0 Å². The van der Waals surface area contributed by atoms with Crippen LogP contribution in [0.1, 0.15) is 45.7 Å². The van der Waals surface area contributed by atoms with Crippen molar-refractivity contribution in [2.45, 2.75) is 45.9 Å². The minimum Gasteiger partial charge on any atom is -0.376 e. The van der Waals surface area contributed by atoms with Crippen LogP contribution in [0.2, 0.25) is 0 Å². The van der Waals surface area contributed by atoms with Crippen LogP contribution >= 0.6 is 0 Å². The molecule has 2 aromatic rings. The second-order valence-electron chi connectivity index (χ2n) is 8.81. The van der Waals surface area contributed by atoms with Crippen LogP contribution in [0.3, 0.4) is 0 Å². The molecule has 164 valence electrons. The zero-order valence-electron chi connectivity index (χ0n) is 18.6. The second-order valence-corrected chi connectivity index (χ2v) is 8.81. The average Bonchev–Trinajstić information content (AvgIpc) is 3.39. The fourth-order valence-electron chi connectivity index (χ4n) is 4.69. The van der Waals surface area contributed by atoms with Gasteiger partial charge in [0.15, 0.2) is 5.78 Å². The van der Waals surface area contributed by atoms with Crippen LogP contribution in [0.4, 0.5) is 0 Å². The first-order chi connectivity index (χ1) is 15.0. The Morgan fingerprint density at radius 3 is 2.48 bits per heavy atom. The fourth-order valence-corrected chi connectivity index (χ4v) is 4.69. The lowest BCUT2D eigenvalue weighted by atomic mass is 10.1. The van der Waals surface area contributed by atoms with Crippen molar-refractivity contribution in [2.24, 2.45) is 0 Å². The molecular formula is C25H32N4O2. The molecule has 1 aromatic carbocycles. The van der Waals surface area contributed by atoms with Crippen molar-refractivity contribution in [3.8, 4) is 6.07 Å². The Labute approximate surface area is 185 Å². The van der Waals surface area contributed by atoms with Gasteiger partial charge in [-0.2, -0.15) is 5.26 Å². The summed E-state index contributed by atoms with van der Waals surface area (Å²) in [5, 5.41) is 8.93. The number of hydrogen-bond acceptors (Lipinski definition) is 5. The van der Waals surface area contributed by atoms with Crippen molar-refractivity contribution in [1.29, 1.82) is 5.26 Å². The van der Waals surface area contributed by atoms with Gasteiger partial charge in [0, 0.05) is 62.8 Å². The third-order valence-electron chi connectivity index (χ3n) is 6.61. The molecule has 4 rings (SSSR count). The summed E-state index contributed by atoms with van der Waals surface area (Å²) in [6.07, 6.45) is 2.51. The molecule has 0 bridgehead atoms. The molecule has 0 radical (unpaired) electrons. The van der Waals surface area contributed by atoms with Crippen molar-refractivity contribution < 1.29 is 9.53 Å². The number of piperazine rings is 1. The number of ether oxygens (including phenoxy) is 1. The first kappa shape index (κ1) is 21.8. The quantitative estimate of drug-likeness (QED) is 0.644. The Morgan fingerprint density at radius 2 is 1.84 bits per heavy atom. The number of nitriles is 1. The van der Waals surface area contributed by atoms with E-state index in [1.807, 2.05) is 30.3 Å². The van der Waals surface area contributed by atoms with E-state index in [-0.39, 0.29) is 11.9 Å². The van der Waals surface area contributed by atoms with Crippen LogP contribution in [-0.4, -0.2) is 65.6 Å². The molecule has 0 unspecified atom stereocenters. The molecule has 0 spiro atoms. The molecule has 31 heavy (non-hydrogen) atoms. The molecule has 0 N–H and O–H groups in total. The number of aromatic nitrogens is 1. The summed E-state index contributed by atoms with van der Waals surface area (Å²) in [5.41, 5.74) is 4.99. The minimum atomic E-state index is 0.215. The second kappa shape index (κ2) is 9.78. The number of benzene rings is 1. The molecule has 1 aromatic heterocycles. The van der Waals surface area contributed by atoms with Crippen LogP contribution in [0, 0.1) is 25.2 Å². The van der Waals surface area contributed by atoms with Crippen LogP contribution in [0.15, 0.2) is 30.3 Å². The molecule has 1 atom stereocenters. The van der Waals surface area contributed by atoms with E-state index in [4.69, 9.17) is 10.00 Å². The Morgan fingerprint density at radius 1 is 1.13 bits per heavy atom. The maximum atomic E-state index is 13.0. The Bertz CT molecular complexity index is 943. The van der Waals surface area contributed by atoms with Crippen molar-refractivity contribution in [1.82, 2.24) is 14.4 Å². The van der Waals surface area contributed by atoms with Crippen molar-refractivity contribution >= 4 is 5.78 Å². The summed E-state index contributed by atoms with van der Waals surface area (Å²) in [5.74, 6) is 0.215. The number of nitrogens with zero attached hydrogens (tertiary/aromatic N) is 4. The van der Waals surface area contributed by atoms with E-state index in [0.29, 0.717) is 12.1 Å². The van der Waals surface area contributed by atoms with Gasteiger partial charge in [0.2, 0.25) is 0 Å². The van der Waals surface area contributed by atoms with Gasteiger partial charge in [-0.3, -0.25) is 14.6 Å². The lowest BCUT2D eigenvalue weighted by molar-refractivity contribution is 0.0841. The van der Waals surface area contributed by atoms with Gasteiger partial charge in [0.05, 0.1) is 24.3 Å². The largest absolute Gasteiger partial charge is 0.376 e. The number of rotatable bonds is 7. The maximum absolute atomic E-state index is 13.0. The monoisotopic (exact) mass is 420 g/mol. The molecule has 0 amide bonds. The molecule has 0 aliphatic carbocycles. The van der Waals surface area contributed by atoms with E-state index < -0.39 is 0 Å². The molecule has 0 saturated carbocycles. The highest BCUT2D eigenvalue weighted by Gasteiger charge is 2.24. The van der Waals surface area contributed by atoms with Gasteiger partial charge in [0.25, 0.3) is 0 Å². The highest BCUT2D eigenvalue weighted by Crippen LogP contribution is 2.21. The summed E-state index contributed by atoms with van der Waals surface area (Å²) >= 11 is 0. The van der Waals surface area contributed by atoms with E-state index in [9.17, 15) is 4.79 Å². The third kappa shape index (κ3) is 5.24. The summed E-state index contributed by atoms with van der Waals surface area (Å²) in [7, 11) is 0. The first-order valence-corrected chi connectivity index (χ1v) is 11.3. The smallest absolute Gasteiger partial charge is 0.178 e. The zero-order chi connectivity index (χ0) is 21.8. The molecule has 2 saturated heterocycles. The average molecular weight is 421 g/mol. The van der Waals surface area contributed by atoms with E-state index in [1.165, 1.54) is 5.56 Å². The Kier molecular flexibility index (Phi) is 6.86. The minimum absolute atomic E-state index is 0.215. The van der Waals surface area contributed by atoms with Gasteiger partial charge < -0.3 is 9.30 Å². The topological polar surface area (TPSA) is 61.5 Å². The predicted molar refractivity (Wildman–Crippen MR) is 120 cm³/mol. The van der Waals surface area contributed by atoms with Crippen molar-refractivity contribution in [2.75, 3.05) is 39.3 Å². The first-order valence-electron chi connectivity index (χ1n) is 11.3. The van der Waals surface area contributed by atoms with Gasteiger partial charge in [-0.25, -0.2) is 0 Å². The van der Waals surface area contributed by atoms with E-state index >= 15 is 0 Å². The number of carbonyl (C=O) groups is 1. The van der Waals surface area contributed by atoms with E-state index in [2.05, 4.69) is 34.3 Å². The fraction of sp³-hybridized carbons (Fsp3) is 0.520. The third-order valence-corrected chi connectivity index (χ3v) is 6.61. The lowest BCUT2D eigenvalue weighted by Gasteiger charge is -2.34. The zero-order valence-corrected chi connectivity index (χ0v) is 18.6. The number of carbonyl (C=O) groups excluding carboxylic acids is 1. The molecule has 2 aliphatic rings. The normalized spacial score (nSPS) is 20.1.